The first-order valence-electron chi connectivity index (χ1n) is 5.65. The van der Waals surface area contributed by atoms with Crippen molar-refractivity contribution < 1.29 is 14.6 Å². The van der Waals surface area contributed by atoms with Gasteiger partial charge in [-0.1, -0.05) is 11.6 Å². The molecule has 0 saturated carbocycles. The maximum absolute atomic E-state index is 9.12. The molecule has 1 N–H and O–H groups in total. The summed E-state index contributed by atoms with van der Waals surface area (Å²) in [5.74, 6) is 0.971. The molecule has 1 aromatic carbocycles. The second kappa shape index (κ2) is 6.23. The SMILES string of the molecule is COc1cc(CO)cc(Cl)c1OCc1nc(C)cs1. The predicted octanol–water partition coefficient (Wildman–Crippen LogP) is 3.18. The summed E-state index contributed by atoms with van der Waals surface area (Å²) in [6.07, 6.45) is 0. The molecule has 0 amide bonds. The van der Waals surface area contributed by atoms with Gasteiger partial charge in [-0.05, 0) is 24.6 Å². The fraction of sp³-hybridized carbons (Fsp3) is 0.308. The molecule has 0 fully saturated rings. The van der Waals surface area contributed by atoms with Crippen LogP contribution in [0.3, 0.4) is 0 Å². The van der Waals surface area contributed by atoms with E-state index in [4.69, 9.17) is 26.2 Å². The summed E-state index contributed by atoms with van der Waals surface area (Å²) in [6.45, 7) is 2.18. The topological polar surface area (TPSA) is 51.6 Å². The first-order chi connectivity index (χ1) is 9.13. The number of halogens is 1. The molecule has 2 aromatic rings. The second-order valence-electron chi connectivity index (χ2n) is 3.94. The van der Waals surface area contributed by atoms with Crippen molar-refractivity contribution >= 4 is 22.9 Å². The Hall–Kier alpha value is -1.30. The summed E-state index contributed by atoms with van der Waals surface area (Å²) in [6, 6.07) is 3.36. The lowest BCUT2D eigenvalue weighted by molar-refractivity contribution is 0.274. The van der Waals surface area contributed by atoms with E-state index in [1.807, 2.05) is 12.3 Å². The number of aryl methyl sites for hydroxylation is 1. The molecule has 102 valence electrons. The zero-order valence-corrected chi connectivity index (χ0v) is 12.2. The Kier molecular flexibility index (Phi) is 4.63. The van der Waals surface area contributed by atoms with Gasteiger partial charge in [0.15, 0.2) is 11.5 Å². The van der Waals surface area contributed by atoms with Gasteiger partial charge in [0.25, 0.3) is 0 Å². The van der Waals surface area contributed by atoms with Crippen LogP contribution in [0.1, 0.15) is 16.3 Å². The largest absolute Gasteiger partial charge is 0.493 e. The Morgan fingerprint density at radius 2 is 2.21 bits per heavy atom. The van der Waals surface area contributed by atoms with Gasteiger partial charge in [-0.15, -0.1) is 11.3 Å². The molecule has 1 aromatic heterocycles. The van der Waals surface area contributed by atoms with Crippen molar-refractivity contribution in [2.45, 2.75) is 20.1 Å². The molecule has 0 bridgehead atoms. The van der Waals surface area contributed by atoms with Crippen molar-refractivity contribution in [1.29, 1.82) is 0 Å². The number of aliphatic hydroxyl groups excluding tert-OH is 1. The highest BCUT2D eigenvalue weighted by molar-refractivity contribution is 7.09. The average molecular weight is 300 g/mol. The summed E-state index contributed by atoms with van der Waals surface area (Å²) in [5.41, 5.74) is 1.65. The highest BCUT2D eigenvalue weighted by Gasteiger charge is 2.12. The fourth-order valence-corrected chi connectivity index (χ4v) is 2.58. The summed E-state index contributed by atoms with van der Waals surface area (Å²) < 4.78 is 10.9. The van der Waals surface area contributed by atoms with Crippen LogP contribution in [0.4, 0.5) is 0 Å². The van der Waals surface area contributed by atoms with Gasteiger partial charge >= 0.3 is 0 Å². The minimum atomic E-state index is -0.0952. The first-order valence-corrected chi connectivity index (χ1v) is 6.91. The molecule has 0 aliphatic rings. The van der Waals surface area contributed by atoms with E-state index in [9.17, 15) is 0 Å². The van der Waals surface area contributed by atoms with Crippen molar-refractivity contribution in [1.82, 2.24) is 4.98 Å². The van der Waals surface area contributed by atoms with Crippen LogP contribution in [0.2, 0.25) is 5.02 Å². The highest BCUT2D eigenvalue weighted by Crippen LogP contribution is 2.37. The fourth-order valence-electron chi connectivity index (χ4n) is 1.61. The Balaban J connectivity index is 2.19. The molecule has 4 nitrogen and oxygen atoms in total. The number of rotatable bonds is 5. The molecule has 2 rings (SSSR count). The van der Waals surface area contributed by atoms with Gasteiger partial charge in [-0.25, -0.2) is 4.98 Å². The Morgan fingerprint density at radius 1 is 1.42 bits per heavy atom. The van der Waals surface area contributed by atoms with E-state index in [1.54, 1.807) is 12.1 Å². The van der Waals surface area contributed by atoms with Crippen LogP contribution in [0.25, 0.3) is 0 Å². The van der Waals surface area contributed by atoms with Gasteiger partial charge in [0.1, 0.15) is 11.6 Å². The number of nitrogens with zero attached hydrogens (tertiary/aromatic N) is 1. The lowest BCUT2D eigenvalue weighted by Gasteiger charge is -2.12. The molecule has 0 radical (unpaired) electrons. The van der Waals surface area contributed by atoms with E-state index in [2.05, 4.69) is 4.98 Å². The number of aliphatic hydroxyl groups is 1. The number of hydrogen-bond acceptors (Lipinski definition) is 5. The van der Waals surface area contributed by atoms with Crippen molar-refractivity contribution in [2.75, 3.05) is 7.11 Å². The second-order valence-corrected chi connectivity index (χ2v) is 5.29. The van der Waals surface area contributed by atoms with Crippen LogP contribution < -0.4 is 9.47 Å². The average Bonchev–Trinajstić information content (AvgIpc) is 2.82. The molecular formula is C13H14ClNO3S. The Morgan fingerprint density at radius 3 is 2.79 bits per heavy atom. The van der Waals surface area contributed by atoms with E-state index in [0.717, 1.165) is 10.7 Å². The number of benzene rings is 1. The maximum atomic E-state index is 9.12. The minimum absolute atomic E-state index is 0.0952. The van der Waals surface area contributed by atoms with E-state index in [-0.39, 0.29) is 6.61 Å². The van der Waals surface area contributed by atoms with Gasteiger partial charge in [0.2, 0.25) is 0 Å². The Bertz CT molecular complexity index is 571. The normalized spacial score (nSPS) is 10.5. The van der Waals surface area contributed by atoms with Crippen molar-refractivity contribution in [3.63, 3.8) is 0 Å². The number of ether oxygens (including phenoxy) is 2. The summed E-state index contributed by atoms with van der Waals surface area (Å²) in [5, 5.41) is 12.4. The third-order valence-electron chi connectivity index (χ3n) is 2.48. The highest BCUT2D eigenvalue weighted by atomic mass is 35.5. The van der Waals surface area contributed by atoms with Crippen LogP contribution in [-0.4, -0.2) is 17.2 Å². The van der Waals surface area contributed by atoms with Gasteiger partial charge in [0, 0.05) is 11.1 Å². The van der Waals surface area contributed by atoms with Gasteiger partial charge in [0.05, 0.1) is 18.7 Å². The van der Waals surface area contributed by atoms with Crippen LogP contribution in [0, 0.1) is 6.92 Å². The molecule has 0 atom stereocenters. The quantitative estimate of drug-likeness (QED) is 0.921. The molecule has 0 aliphatic heterocycles. The Labute approximate surface area is 120 Å². The van der Waals surface area contributed by atoms with Crippen LogP contribution in [0.5, 0.6) is 11.5 Å². The number of methoxy groups -OCH3 is 1. The van der Waals surface area contributed by atoms with Crippen molar-refractivity contribution in [2.24, 2.45) is 0 Å². The standard InChI is InChI=1S/C13H14ClNO3S/c1-8-7-19-12(15-8)6-18-13-10(14)3-9(5-16)4-11(13)17-2/h3-4,7,16H,5-6H2,1-2H3. The van der Waals surface area contributed by atoms with Crippen LogP contribution in [0.15, 0.2) is 17.5 Å². The summed E-state index contributed by atoms with van der Waals surface area (Å²) in [4.78, 5) is 4.31. The number of thiazole rings is 1. The number of aromatic nitrogens is 1. The van der Waals surface area contributed by atoms with E-state index < -0.39 is 0 Å². The van der Waals surface area contributed by atoms with Crippen molar-refractivity contribution in [3.8, 4) is 11.5 Å². The van der Waals surface area contributed by atoms with E-state index in [0.29, 0.717) is 28.7 Å². The molecule has 0 unspecified atom stereocenters. The van der Waals surface area contributed by atoms with E-state index >= 15 is 0 Å². The zero-order chi connectivity index (χ0) is 13.8. The van der Waals surface area contributed by atoms with Crippen LogP contribution in [-0.2, 0) is 13.2 Å². The van der Waals surface area contributed by atoms with Crippen LogP contribution >= 0.6 is 22.9 Å². The molecule has 19 heavy (non-hydrogen) atoms. The van der Waals surface area contributed by atoms with E-state index in [1.165, 1.54) is 18.4 Å². The van der Waals surface area contributed by atoms with Gasteiger partial charge < -0.3 is 14.6 Å². The molecule has 0 spiro atoms. The molecular weight excluding hydrogens is 286 g/mol. The summed E-state index contributed by atoms with van der Waals surface area (Å²) >= 11 is 7.67. The molecule has 1 heterocycles. The first kappa shape index (κ1) is 14.1. The maximum Gasteiger partial charge on any atom is 0.180 e. The van der Waals surface area contributed by atoms with Gasteiger partial charge in [-0.3, -0.25) is 0 Å². The third kappa shape index (κ3) is 3.37. The zero-order valence-electron chi connectivity index (χ0n) is 10.6. The third-order valence-corrected chi connectivity index (χ3v) is 3.70. The summed E-state index contributed by atoms with van der Waals surface area (Å²) in [7, 11) is 1.53. The monoisotopic (exact) mass is 299 g/mol. The lowest BCUT2D eigenvalue weighted by atomic mass is 10.2. The lowest BCUT2D eigenvalue weighted by Crippen LogP contribution is -1.99. The molecule has 0 aliphatic carbocycles. The number of hydrogen-bond donors (Lipinski definition) is 1. The predicted molar refractivity (Wildman–Crippen MR) is 75.1 cm³/mol. The smallest absolute Gasteiger partial charge is 0.180 e. The van der Waals surface area contributed by atoms with Gasteiger partial charge in [-0.2, -0.15) is 0 Å². The minimum Gasteiger partial charge on any atom is -0.493 e. The molecule has 0 saturated heterocycles. The van der Waals surface area contributed by atoms with Crippen molar-refractivity contribution in [3.05, 3.63) is 38.8 Å². The molecule has 6 heteroatoms.